The molecule has 5 nitrogen and oxygen atoms in total. The van der Waals surface area contributed by atoms with Gasteiger partial charge in [0.05, 0.1) is 26.7 Å². The van der Waals surface area contributed by atoms with E-state index in [0.717, 1.165) is 42.7 Å². The molecule has 3 aromatic rings. The van der Waals surface area contributed by atoms with Crippen LogP contribution in [0.15, 0.2) is 48.5 Å². The fourth-order valence-electron chi connectivity index (χ4n) is 3.60. The molecule has 7 heteroatoms. The minimum atomic E-state index is -0.0776. The van der Waals surface area contributed by atoms with Gasteiger partial charge >= 0.3 is 0 Å². The van der Waals surface area contributed by atoms with Crippen LogP contribution in [0.1, 0.15) is 29.3 Å². The molecule has 2 heterocycles. The van der Waals surface area contributed by atoms with Crippen molar-refractivity contribution in [1.82, 2.24) is 9.88 Å². The van der Waals surface area contributed by atoms with Gasteiger partial charge in [0.15, 0.2) is 0 Å². The zero-order valence-electron chi connectivity index (χ0n) is 17.0. The maximum absolute atomic E-state index is 12.5. The zero-order valence-corrected chi connectivity index (χ0v) is 18.6. The molecule has 0 spiro atoms. The Labute approximate surface area is 184 Å². The summed E-state index contributed by atoms with van der Waals surface area (Å²) in [7, 11) is 0. The summed E-state index contributed by atoms with van der Waals surface area (Å²) in [5.74, 6) is 1.09. The molecule has 0 saturated carbocycles. The van der Waals surface area contributed by atoms with Gasteiger partial charge in [0.25, 0.3) is 0 Å². The largest absolute Gasteiger partial charge is 0.342 e. The first-order valence-electron chi connectivity index (χ1n) is 10.2. The highest BCUT2D eigenvalue weighted by molar-refractivity contribution is 8.00. The lowest BCUT2D eigenvalue weighted by Gasteiger charge is -2.31. The number of nitrogens with zero attached hydrogens (tertiary/aromatic N) is 2. The quantitative estimate of drug-likeness (QED) is 0.606. The molecule has 1 saturated heterocycles. The standard InChI is InChI=1S/C23H25N3O2S2/c1-16-6-8-18(9-7-16)24-21(27)14-29-15-22(28)26-12-10-17(11-13-26)23-25-19-4-2-3-5-20(19)30-23/h2-9,17H,10-15H2,1H3,(H,24,27). The van der Waals surface area contributed by atoms with Crippen molar-refractivity contribution in [2.45, 2.75) is 25.7 Å². The van der Waals surface area contributed by atoms with Crippen LogP contribution in [0.3, 0.4) is 0 Å². The zero-order chi connectivity index (χ0) is 20.9. The van der Waals surface area contributed by atoms with Crippen molar-refractivity contribution in [2.75, 3.05) is 29.9 Å². The van der Waals surface area contributed by atoms with Crippen molar-refractivity contribution in [3.05, 3.63) is 59.1 Å². The third kappa shape index (κ3) is 5.21. The van der Waals surface area contributed by atoms with Crippen LogP contribution in [-0.2, 0) is 9.59 Å². The molecule has 1 aliphatic rings. The average molecular weight is 440 g/mol. The molecule has 1 aliphatic heterocycles. The highest BCUT2D eigenvalue weighted by Crippen LogP contribution is 2.33. The van der Waals surface area contributed by atoms with E-state index in [1.54, 1.807) is 11.3 Å². The second-order valence-corrected chi connectivity index (χ2v) is 9.63. The number of fused-ring (bicyclic) bond motifs is 1. The Morgan fingerprint density at radius 1 is 1.10 bits per heavy atom. The first kappa shape index (κ1) is 20.9. The molecular formula is C23H25N3O2S2. The van der Waals surface area contributed by atoms with Gasteiger partial charge in [-0.25, -0.2) is 4.98 Å². The van der Waals surface area contributed by atoms with Crippen LogP contribution in [-0.4, -0.2) is 46.3 Å². The van der Waals surface area contributed by atoms with E-state index in [1.165, 1.54) is 21.5 Å². The van der Waals surface area contributed by atoms with E-state index in [2.05, 4.69) is 17.4 Å². The van der Waals surface area contributed by atoms with E-state index in [4.69, 9.17) is 4.98 Å². The van der Waals surface area contributed by atoms with Crippen LogP contribution in [0, 0.1) is 6.92 Å². The second kappa shape index (κ2) is 9.62. The SMILES string of the molecule is Cc1ccc(NC(=O)CSCC(=O)N2CCC(c3nc4ccccc4s3)CC2)cc1. The average Bonchev–Trinajstić information content (AvgIpc) is 3.20. The molecule has 0 bridgehead atoms. The van der Waals surface area contributed by atoms with Crippen LogP contribution in [0.25, 0.3) is 10.2 Å². The summed E-state index contributed by atoms with van der Waals surface area (Å²) in [6, 6.07) is 15.9. The lowest BCUT2D eigenvalue weighted by Crippen LogP contribution is -2.39. The molecule has 1 fully saturated rings. The fraction of sp³-hybridized carbons (Fsp3) is 0.348. The summed E-state index contributed by atoms with van der Waals surface area (Å²) in [6.45, 7) is 3.53. The Morgan fingerprint density at radius 2 is 1.83 bits per heavy atom. The minimum Gasteiger partial charge on any atom is -0.342 e. The normalized spacial score (nSPS) is 14.8. The lowest BCUT2D eigenvalue weighted by atomic mass is 9.97. The fourth-order valence-corrected chi connectivity index (χ4v) is 5.45. The molecule has 2 aromatic carbocycles. The number of thiazole rings is 1. The number of piperidine rings is 1. The number of hydrogen-bond acceptors (Lipinski definition) is 5. The van der Waals surface area contributed by atoms with Gasteiger partial charge in [-0.15, -0.1) is 23.1 Å². The Kier molecular flexibility index (Phi) is 6.69. The predicted octanol–water partition coefficient (Wildman–Crippen LogP) is 4.68. The number of carbonyl (C=O) groups is 2. The van der Waals surface area contributed by atoms with Crippen molar-refractivity contribution in [3.63, 3.8) is 0 Å². The highest BCUT2D eigenvalue weighted by atomic mass is 32.2. The summed E-state index contributed by atoms with van der Waals surface area (Å²) < 4.78 is 1.23. The maximum atomic E-state index is 12.5. The number of aryl methyl sites for hydroxylation is 1. The van der Waals surface area contributed by atoms with Crippen LogP contribution < -0.4 is 5.32 Å². The smallest absolute Gasteiger partial charge is 0.234 e. The summed E-state index contributed by atoms with van der Waals surface area (Å²) >= 11 is 3.14. The number of thioether (sulfide) groups is 1. The summed E-state index contributed by atoms with van der Waals surface area (Å²) in [4.78, 5) is 31.3. The monoisotopic (exact) mass is 439 g/mol. The van der Waals surface area contributed by atoms with Gasteiger partial charge in [0, 0.05) is 24.7 Å². The third-order valence-corrected chi connectivity index (χ3v) is 7.42. The van der Waals surface area contributed by atoms with Crippen molar-refractivity contribution < 1.29 is 9.59 Å². The van der Waals surface area contributed by atoms with Crippen molar-refractivity contribution in [1.29, 1.82) is 0 Å². The summed E-state index contributed by atoms with van der Waals surface area (Å²) in [5, 5.41) is 4.05. The number of benzene rings is 2. The van der Waals surface area contributed by atoms with E-state index < -0.39 is 0 Å². The van der Waals surface area contributed by atoms with Gasteiger partial charge in [-0.3, -0.25) is 9.59 Å². The van der Waals surface area contributed by atoms with Gasteiger partial charge in [-0.2, -0.15) is 0 Å². The number of carbonyl (C=O) groups excluding carboxylic acids is 2. The molecule has 30 heavy (non-hydrogen) atoms. The van der Waals surface area contributed by atoms with Crippen molar-refractivity contribution in [2.24, 2.45) is 0 Å². The van der Waals surface area contributed by atoms with Gasteiger partial charge < -0.3 is 10.2 Å². The number of nitrogens with one attached hydrogen (secondary N) is 1. The number of likely N-dealkylation sites (tertiary alicyclic amines) is 1. The number of aromatic nitrogens is 1. The van der Waals surface area contributed by atoms with Gasteiger partial charge in [-0.1, -0.05) is 29.8 Å². The van der Waals surface area contributed by atoms with Crippen molar-refractivity contribution >= 4 is 50.8 Å². The first-order chi connectivity index (χ1) is 14.6. The van der Waals surface area contributed by atoms with Crippen molar-refractivity contribution in [3.8, 4) is 0 Å². The molecule has 0 radical (unpaired) electrons. The maximum Gasteiger partial charge on any atom is 0.234 e. The molecule has 0 atom stereocenters. The van der Waals surface area contributed by atoms with Crippen LogP contribution in [0.2, 0.25) is 0 Å². The second-order valence-electron chi connectivity index (χ2n) is 7.58. The van der Waals surface area contributed by atoms with Gasteiger partial charge in [0.2, 0.25) is 11.8 Å². The molecule has 1 aromatic heterocycles. The Morgan fingerprint density at radius 3 is 2.57 bits per heavy atom. The number of amides is 2. The third-order valence-electron chi connectivity index (χ3n) is 5.30. The Balaban J connectivity index is 1.19. The van der Waals surface area contributed by atoms with Crippen LogP contribution in [0.4, 0.5) is 5.69 Å². The van der Waals surface area contributed by atoms with E-state index >= 15 is 0 Å². The molecular weight excluding hydrogens is 414 g/mol. The minimum absolute atomic E-state index is 0.0776. The molecule has 156 valence electrons. The van der Waals surface area contributed by atoms with E-state index in [0.29, 0.717) is 11.7 Å². The lowest BCUT2D eigenvalue weighted by molar-refractivity contribution is -0.129. The Bertz CT molecular complexity index is 991. The molecule has 1 N–H and O–H groups in total. The number of para-hydroxylation sites is 1. The number of hydrogen-bond donors (Lipinski definition) is 1. The number of rotatable bonds is 6. The van der Waals surface area contributed by atoms with E-state index in [-0.39, 0.29) is 17.6 Å². The molecule has 4 rings (SSSR count). The van der Waals surface area contributed by atoms with Crippen LogP contribution >= 0.6 is 23.1 Å². The summed E-state index contributed by atoms with van der Waals surface area (Å²) in [6.07, 6.45) is 1.90. The van der Waals surface area contributed by atoms with Gasteiger partial charge in [0.1, 0.15) is 0 Å². The number of anilines is 1. The van der Waals surface area contributed by atoms with Gasteiger partial charge in [-0.05, 0) is 44.0 Å². The molecule has 0 aliphatic carbocycles. The topological polar surface area (TPSA) is 62.3 Å². The highest BCUT2D eigenvalue weighted by Gasteiger charge is 2.25. The summed E-state index contributed by atoms with van der Waals surface area (Å²) in [5.41, 5.74) is 3.01. The molecule has 2 amide bonds. The Hall–Kier alpha value is -2.38. The molecule has 0 unspecified atom stereocenters. The first-order valence-corrected chi connectivity index (χ1v) is 12.1. The van der Waals surface area contributed by atoms with E-state index in [1.807, 2.05) is 48.2 Å². The predicted molar refractivity (Wildman–Crippen MR) is 125 cm³/mol. The van der Waals surface area contributed by atoms with Crippen LogP contribution in [0.5, 0.6) is 0 Å². The van der Waals surface area contributed by atoms with E-state index in [9.17, 15) is 9.59 Å².